The lowest BCUT2D eigenvalue weighted by molar-refractivity contribution is 0.400. The molecule has 2 aromatic rings. The van der Waals surface area contributed by atoms with Gasteiger partial charge in [0.1, 0.15) is 5.82 Å². The molecule has 19 heavy (non-hydrogen) atoms. The second kappa shape index (κ2) is 3.94. The summed E-state index contributed by atoms with van der Waals surface area (Å²) in [5.74, 6) is 1.71. The van der Waals surface area contributed by atoms with E-state index in [2.05, 4.69) is 35.8 Å². The minimum atomic E-state index is 0.276. The van der Waals surface area contributed by atoms with Gasteiger partial charge in [-0.2, -0.15) is 0 Å². The third kappa shape index (κ3) is 1.58. The normalized spacial score (nSPS) is 24.5. The molecule has 98 valence electrons. The van der Waals surface area contributed by atoms with E-state index in [-0.39, 0.29) is 6.04 Å². The Balaban J connectivity index is 1.93. The largest absolute Gasteiger partial charge is 0.330 e. The van der Waals surface area contributed by atoms with Gasteiger partial charge in [0.25, 0.3) is 0 Å². The van der Waals surface area contributed by atoms with Gasteiger partial charge in [0.15, 0.2) is 0 Å². The molecule has 2 N–H and O–H groups in total. The van der Waals surface area contributed by atoms with Crippen LogP contribution < -0.4 is 5.73 Å². The zero-order valence-electron chi connectivity index (χ0n) is 11.3. The maximum absolute atomic E-state index is 6.18. The minimum Gasteiger partial charge on any atom is -0.330 e. The molecule has 0 bridgehead atoms. The second-order valence-corrected chi connectivity index (χ2v) is 5.93. The summed E-state index contributed by atoms with van der Waals surface area (Å²) < 4.78 is 2.39. The number of fused-ring (bicyclic) bond motifs is 5. The maximum Gasteiger partial charge on any atom is 0.112 e. The summed E-state index contributed by atoms with van der Waals surface area (Å²) in [6.07, 6.45) is 3.27. The van der Waals surface area contributed by atoms with Crippen molar-refractivity contribution in [3.8, 4) is 11.3 Å². The van der Waals surface area contributed by atoms with Gasteiger partial charge in [0.2, 0.25) is 0 Å². The van der Waals surface area contributed by atoms with Gasteiger partial charge in [-0.25, -0.2) is 4.98 Å². The standard InChI is InChI=1S/C16H19N3/c1-10-8-12(17)9-19-14-7-6-11-4-2-3-5-13(11)15(14)18-16(10)19/h2-5,10,12H,6-9,17H2,1H3. The van der Waals surface area contributed by atoms with Crippen molar-refractivity contribution in [1.29, 1.82) is 0 Å². The summed E-state index contributed by atoms with van der Waals surface area (Å²) in [5, 5.41) is 0. The van der Waals surface area contributed by atoms with Crippen molar-refractivity contribution in [2.24, 2.45) is 5.73 Å². The first-order valence-corrected chi connectivity index (χ1v) is 7.17. The van der Waals surface area contributed by atoms with Gasteiger partial charge in [0, 0.05) is 29.8 Å². The van der Waals surface area contributed by atoms with Crippen molar-refractivity contribution < 1.29 is 0 Å². The zero-order valence-corrected chi connectivity index (χ0v) is 11.3. The number of imidazole rings is 1. The van der Waals surface area contributed by atoms with Crippen LogP contribution in [0.5, 0.6) is 0 Å². The van der Waals surface area contributed by atoms with E-state index in [0.29, 0.717) is 5.92 Å². The predicted molar refractivity (Wildman–Crippen MR) is 76.1 cm³/mol. The number of aromatic nitrogens is 2. The van der Waals surface area contributed by atoms with Crippen LogP contribution in [0, 0.1) is 0 Å². The maximum atomic E-state index is 6.18. The number of rotatable bonds is 0. The molecule has 1 aliphatic carbocycles. The van der Waals surface area contributed by atoms with Gasteiger partial charge in [-0.05, 0) is 24.8 Å². The Hall–Kier alpha value is -1.61. The summed E-state index contributed by atoms with van der Waals surface area (Å²) in [5.41, 5.74) is 11.5. The first kappa shape index (κ1) is 11.2. The quantitative estimate of drug-likeness (QED) is 0.784. The Morgan fingerprint density at radius 2 is 2.11 bits per heavy atom. The summed E-state index contributed by atoms with van der Waals surface area (Å²) >= 11 is 0. The zero-order chi connectivity index (χ0) is 13.0. The van der Waals surface area contributed by atoms with Crippen LogP contribution in [-0.4, -0.2) is 15.6 Å². The van der Waals surface area contributed by atoms with Gasteiger partial charge < -0.3 is 10.3 Å². The molecular weight excluding hydrogens is 234 g/mol. The Kier molecular flexibility index (Phi) is 2.33. The van der Waals surface area contributed by atoms with E-state index < -0.39 is 0 Å². The van der Waals surface area contributed by atoms with Gasteiger partial charge >= 0.3 is 0 Å². The Morgan fingerprint density at radius 3 is 3.00 bits per heavy atom. The summed E-state index contributed by atoms with van der Waals surface area (Å²) in [6, 6.07) is 8.95. The van der Waals surface area contributed by atoms with Crippen LogP contribution in [0.2, 0.25) is 0 Å². The topological polar surface area (TPSA) is 43.8 Å². The molecule has 1 aliphatic heterocycles. The summed E-state index contributed by atoms with van der Waals surface area (Å²) in [7, 11) is 0. The number of hydrogen-bond donors (Lipinski definition) is 1. The van der Waals surface area contributed by atoms with Gasteiger partial charge in [0.05, 0.1) is 5.69 Å². The van der Waals surface area contributed by atoms with Crippen molar-refractivity contribution in [3.05, 3.63) is 41.3 Å². The van der Waals surface area contributed by atoms with Crippen molar-refractivity contribution in [2.75, 3.05) is 0 Å². The molecule has 3 heteroatoms. The highest BCUT2D eigenvalue weighted by molar-refractivity contribution is 5.69. The van der Waals surface area contributed by atoms with E-state index in [1.54, 1.807) is 0 Å². The highest BCUT2D eigenvalue weighted by atomic mass is 15.1. The monoisotopic (exact) mass is 253 g/mol. The lowest BCUT2D eigenvalue weighted by atomic mass is 9.92. The minimum absolute atomic E-state index is 0.276. The fraction of sp³-hybridized carbons (Fsp3) is 0.438. The van der Waals surface area contributed by atoms with Crippen LogP contribution in [0.3, 0.4) is 0 Å². The predicted octanol–water partition coefficient (Wildman–Crippen LogP) is 2.48. The Morgan fingerprint density at radius 1 is 1.26 bits per heavy atom. The van der Waals surface area contributed by atoms with Gasteiger partial charge in [-0.15, -0.1) is 0 Å². The van der Waals surface area contributed by atoms with Gasteiger partial charge in [-0.1, -0.05) is 31.2 Å². The molecule has 0 fully saturated rings. The molecular formula is C16H19N3. The summed E-state index contributed by atoms with van der Waals surface area (Å²) in [6.45, 7) is 3.18. The van der Waals surface area contributed by atoms with Crippen molar-refractivity contribution in [1.82, 2.24) is 9.55 Å². The molecule has 0 saturated carbocycles. The third-order valence-electron chi connectivity index (χ3n) is 4.52. The SMILES string of the molecule is CC1CC(N)Cn2c1nc1c2CCc2ccccc2-1. The van der Waals surface area contributed by atoms with E-state index in [4.69, 9.17) is 10.7 Å². The lowest BCUT2D eigenvalue weighted by Crippen LogP contribution is -2.34. The fourth-order valence-electron chi connectivity index (χ4n) is 3.65. The van der Waals surface area contributed by atoms with E-state index in [1.165, 1.54) is 28.3 Å². The molecule has 1 aromatic heterocycles. The molecule has 2 atom stereocenters. The highest BCUT2D eigenvalue weighted by Crippen LogP contribution is 2.37. The van der Waals surface area contributed by atoms with Crippen molar-refractivity contribution >= 4 is 0 Å². The molecule has 3 nitrogen and oxygen atoms in total. The molecule has 0 radical (unpaired) electrons. The van der Waals surface area contributed by atoms with E-state index in [0.717, 1.165) is 25.8 Å². The van der Waals surface area contributed by atoms with Crippen LogP contribution in [0.25, 0.3) is 11.3 Å². The van der Waals surface area contributed by atoms with E-state index in [1.807, 2.05) is 0 Å². The highest BCUT2D eigenvalue weighted by Gasteiger charge is 2.30. The second-order valence-electron chi connectivity index (χ2n) is 5.93. The molecule has 0 amide bonds. The molecule has 2 heterocycles. The molecule has 0 spiro atoms. The summed E-state index contributed by atoms with van der Waals surface area (Å²) in [4.78, 5) is 4.96. The van der Waals surface area contributed by atoms with Crippen molar-refractivity contribution in [3.63, 3.8) is 0 Å². The van der Waals surface area contributed by atoms with Crippen LogP contribution >= 0.6 is 0 Å². The number of hydrogen-bond acceptors (Lipinski definition) is 2. The van der Waals surface area contributed by atoms with Crippen LogP contribution in [0.4, 0.5) is 0 Å². The third-order valence-corrected chi connectivity index (χ3v) is 4.52. The molecule has 0 saturated heterocycles. The van der Waals surface area contributed by atoms with Gasteiger partial charge in [-0.3, -0.25) is 0 Å². The molecule has 1 aromatic carbocycles. The number of aryl methyl sites for hydroxylation is 1. The smallest absolute Gasteiger partial charge is 0.112 e. The molecule has 4 rings (SSSR count). The number of benzene rings is 1. The Labute approximate surface area is 113 Å². The number of nitrogens with two attached hydrogens (primary N) is 1. The van der Waals surface area contributed by atoms with Crippen molar-refractivity contribution in [2.45, 2.75) is 44.7 Å². The first-order chi connectivity index (χ1) is 9.24. The average molecular weight is 253 g/mol. The first-order valence-electron chi connectivity index (χ1n) is 7.17. The van der Waals surface area contributed by atoms with Crippen LogP contribution in [-0.2, 0) is 19.4 Å². The average Bonchev–Trinajstić information content (AvgIpc) is 2.78. The molecule has 2 unspecified atom stereocenters. The van der Waals surface area contributed by atoms with E-state index in [9.17, 15) is 0 Å². The number of nitrogens with zero attached hydrogens (tertiary/aromatic N) is 2. The van der Waals surface area contributed by atoms with E-state index >= 15 is 0 Å². The fourth-order valence-corrected chi connectivity index (χ4v) is 3.65. The lowest BCUT2D eigenvalue weighted by Gasteiger charge is -2.27. The van der Waals surface area contributed by atoms with Crippen LogP contribution in [0.1, 0.15) is 36.3 Å². The van der Waals surface area contributed by atoms with Crippen LogP contribution in [0.15, 0.2) is 24.3 Å². The Bertz CT molecular complexity index is 641. The molecule has 2 aliphatic rings.